The summed E-state index contributed by atoms with van der Waals surface area (Å²) in [6.07, 6.45) is 8.24. The lowest BCUT2D eigenvalue weighted by molar-refractivity contribution is 0.00716. The number of aliphatic imine (C=N–C) groups is 1. The quantitative estimate of drug-likeness (QED) is 0.517. The van der Waals surface area contributed by atoms with Crippen LogP contribution in [-0.2, 0) is 0 Å². The third-order valence-corrected chi connectivity index (χ3v) is 4.76. The molecule has 0 saturated heterocycles. The average molecular weight is 281 g/mol. The highest BCUT2D eigenvalue weighted by molar-refractivity contribution is 5.79. The molecule has 0 aromatic heterocycles. The van der Waals surface area contributed by atoms with E-state index in [4.69, 9.17) is 4.99 Å². The molecule has 2 aliphatic rings. The van der Waals surface area contributed by atoms with Gasteiger partial charge in [0.1, 0.15) is 0 Å². The van der Waals surface area contributed by atoms with E-state index in [2.05, 4.69) is 24.5 Å². The van der Waals surface area contributed by atoms with Gasteiger partial charge in [0.15, 0.2) is 5.96 Å². The van der Waals surface area contributed by atoms with Gasteiger partial charge in [-0.2, -0.15) is 0 Å². The zero-order chi connectivity index (χ0) is 14.4. The molecule has 2 aliphatic carbocycles. The van der Waals surface area contributed by atoms with Crippen LogP contribution in [0.4, 0.5) is 0 Å². The normalized spacial score (nSPS) is 31.1. The molecule has 3 N–H and O–H groups in total. The summed E-state index contributed by atoms with van der Waals surface area (Å²) < 4.78 is 0. The average Bonchev–Trinajstić information content (AvgIpc) is 3.24. The molecule has 0 bridgehead atoms. The van der Waals surface area contributed by atoms with Gasteiger partial charge in [-0.15, -0.1) is 0 Å². The Kier molecular flexibility index (Phi) is 5.70. The molecule has 2 unspecified atom stereocenters. The van der Waals surface area contributed by atoms with E-state index in [0.717, 1.165) is 44.2 Å². The van der Waals surface area contributed by atoms with Crippen LogP contribution in [0, 0.1) is 11.3 Å². The molecule has 4 nitrogen and oxygen atoms in total. The van der Waals surface area contributed by atoms with Crippen LogP contribution in [0.3, 0.4) is 0 Å². The minimum absolute atomic E-state index is 0.0445. The van der Waals surface area contributed by atoms with Gasteiger partial charge in [-0.25, -0.2) is 0 Å². The van der Waals surface area contributed by atoms with Crippen molar-refractivity contribution in [1.82, 2.24) is 10.6 Å². The number of rotatable bonds is 6. The third-order valence-electron chi connectivity index (χ3n) is 4.76. The van der Waals surface area contributed by atoms with Crippen molar-refractivity contribution in [3.05, 3.63) is 0 Å². The van der Waals surface area contributed by atoms with Crippen LogP contribution in [0.5, 0.6) is 0 Å². The Hall–Kier alpha value is -0.770. The lowest BCUT2D eigenvalue weighted by atomic mass is 9.73. The summed E-state index contributed by atoms with van der Waals surface area (Å²) in [6, 6.07) is 0. The summed E-state index contributed by atoms with van der Waals surface area (Å²) >= 11 is 0. The number of hydrogen-bond acceptors (Lipinski definition) is 2. The first-order valence-corrected chi connectivity index (χ1v) is 8.34. The monoisotopic (exact) mass is 281 g/mol. The maximum atomic E-state index is 10.2. The fourth-order valence-electron chi connectivity index (χ4n) is 2.97. The Morgan fingerprint density at radius 3 is 2.70 bits per heavy atom. The van der Waals surface area contributed by atoms with Crippen LogP contribution in [0.2, 0.25) is 0 Å². The number of aliphatic hydroxyl groups is 1. The van der Waals surface area contributed by atoms with E-state index < -0.39 is 0 Å². The first kappa shape index (κ1) is 15.6. The van der Waals surface area contributed by atoms with Crippen molar-refractivity contribution in [2.45, 2.75) is 64.9 Å². The summed E-state index contributed by atoms with van der Waals surface area (Å²) in [7, 11) is 0. The molecule has 0 spiro atoms. The van der Waals surface area contributed by atoms with Crippen molar-refractivity contribution in [3.8, 4) is 0 Å². The second-order valence-electron chi connectivity index (χ2n) is 6.77. The van der Waals surface area contributed by atoms with Crippen LogP contribution < -0.4 is 10.6 Å². The van der Waals surface area contributed by atoms with Crippen LogP contribution >= 0.6 is 0 Å². The number of aliphatic hydroxyl groups excluding tert-OH is 1. The van der Waals surface area contributed by atoms with Gasteiger partial charge in [0.25, 0.3) is 0 Å². The van der Waals surface area contributed by atoms with E-state index in [9.17, 15) is 5.11 Å². The number of hydrogen-bond donors (Lipinski definition) is 3. The van der Waals surface area contributed by atoms with Crippen LogP contribution in [0.1, 0.15) is 58.8 Å². The van der Waals surface area contributed by atoms with Gasteiger partial charge >= 0.3 is 0 Å². The Bertz CT molecular complexity index is 328. The Morgan fingerprint density at radius 1 is 1.25 bits per heavy atom. The number of guanidine groups is 1. The maximum Gasteiger partial charge on any atom is 0.191 e. The van der Waals surface area contributed by atoms with Crippen molar-refractivity contribution in [2.24, 2.45) is 16.3 Å². The fraction of sp³-hybridized carbons (Fsp3) is 0.938. The molecular formula is C16H31N3O. The van der Waals surface area contributed by atoms with Gasteiger partial charge in [0.2, 0.25) is 0 Å². The lowest BCUT2D eigenvalue weighted by Gasteiger charge is -2.37. The predicted octanol–water partition coefficient (Wildman–Crippen LogP) is 2.28. The smallest absolute Gasteiger partial charge is 0.191 e. The Balaban J connectivity index is 1.82. The van der Waals surface area contributed by atoms with Crippen molar-refractivity contribution in [1.29, 1.82) is 0 Å². The van der Waals surface area contributed by atoms with Gasteiger partial charge in [-0.1, -0.05) is 32.6 Å². The molecule has 0 heterocycles. The highest BCUT2D eigenvalue weighted by Crippen LogP contribution is 2.36. The summed E-state index contributed by atoms with van der Waals surface area (Å²) in [5.41, 5.74) is -0.0445. The molecule has 0 aromatic rings. The van der Waals surface area contributed by atoms with E-state index in [1.54, 1.807) is 0 Å². The molecule has 4 heteroatoms. The summed E-state index contributed by atoms with van der Waals surface area (Å²) in [5.74, 6) is 1.86. The zero-order valence-electron chi connectivity index (χ0n) is 13.1. The second-order valence-corrected chi connectivity index (χ2v) is 6.77. The predicted molar refractivity (Wildman–Crippen MR) is 83.9 cm³/mol. The van der Waals surface area contributed by atoms with Crippen molar-refractivity contribution < 1.29 is 5.11 Å². The van der Waals surface area contributed by atoms with Gasteiger partial charge in [-0.3, -0.25) is 4.99 Å². The first-order valence-electron chi connectivity index (χ1n) is 8.34. The number of nitrogens with one attached hydrogen (secondary N) is 2. The Morgan fingerprint density at radius 2 is 2.05 bits per heavy atom. The zero-order valence-corrected chi connectivity index (χ0v) is 13.1. The molecule has 2 rings (SSSR count). The van der Waals surface area contributed by atoms with E-state index in [1.165, 1.54) is 25.7 Å². The van der Waals surface area contributed by atoms with E-state index in [-0.39, 0.29) is 11.5 Å². The van der Waals surface area contributed by atoms with Crippen LogP contribution in [0.25, 0.3) is 0 Å². The van der Waals surface area contributed by atoms with E-state index in [1.807, 2.05) is 0 Å². The van der Waals surface area contributed by atoms with Gasteiger partial charge in [-0.05, 0) is 32.1 Å². The molecule has 20 heavy (non-hydrogen) atoms. The molecule has 2 saturated carbocycles. The molecule has 0 radical (unpaired) electrons. The van der Waals surface area contributed by atoms with Gasteiger partial charge in [0, 0.05) is 18.5 Å². The largest absolute Gasteiger partial charge is 0.392 e. The summed E-state index contributed by atoms with van der Waals surface area (Å²) in [4.78, 5) is 4.71. The summed E-state index contributed by atoms with van der Waals surface area (Å²) in [6.45, 7) is 6.88. The molecule has 0 aromatic carbocycles. The number of nitrogens with zero attached hydrogens (tertiary/aromatic N) is 1. The summed E-state index contributed by atoms with van der Waals surface area (Å²) in [5, 5.41) is 16.9. The molecule has 116 valence electrons. The molecule has 0 aliphatic heterocycles. The van der Waals surface area contributed by atoms with Crippen LogP contribution in [0.15, 0.2) is 4.99 Å². The lowest BCUT2D eigenvalue weighted by Crippen LogP contribution is -2.42. The van der Waals surface area contributed by atoms with Crippen molar-refractivity contribution in [3.63, 3.8) is 0 Å². The first-order chi connectivity index (χ1) is 9.64. The molecule has 2 fully saturated rings. The minimum atomic E-state index is -0.200. The van der Waals surface area contributed by atoms with Crippen molar-refractivity contribution >= 4 is 5.96 Å². The second kappa shape index (κ2) is 7.30. The maximum absolute atomic E-state index is 10.2. The molecule has 0 amide bonds. The molecular weight excluding hydrogens is 250 g/mol. The van der Waals surface area contributed by atoms with Crippen molar-refractivity contribution in [2.75, 3.05) is 19.6 Å². The highest BCUT2D eigenvalue weighted by atomic mass is 16.3. The van der Waals surface area contributed by atoms with Gasteiger partial charge in [0.05, 0.1) is 12.6 Å². The third kappa shape index (κ3) is 4.65. The standard InChI is InChI=1S/C16H31N3O/c1-3-17-15(18-11-9-13-7-8-13)19-12-16(2)10-5-4-6-14(16)20/h13-14,20H,3-12H2,1-2H3,(H2,17,18,19). The molecule has 2 atom stereocenters. The Labute approximate surface area is 123 Å². The minimum Gasteiger partial charge on any atom is -0.392 e. The highest BCUT2D eigenvalue weighted by Gasteiger charge is 2.35. The fourth-order valence-corrected chi connectivity index (χ4v) is 2.97. The SMILES string of the molecule is CCNC(=NCC1(C)CCCCC1O)NCCC1CC1. The van der Waals surface area contributed by atoms with Gasteiger partial charge < -0.3 is 15.7 Å². The van der Waals surface area contributed by atoms with E-state index >= 15 is 0 Å². The van der Waals surface area contributed by atoms with Crippen LogP contribution in [-0.4, -0.2) is 36.8 Å². The topological polar surface area (TPSA) is 56.7 Å². The van der Waals surface area contributed by atoms with E-state index in [0.29, 0.717) is 6.54 Å².